The molecule has 1 aliphatic rings. The number of carbonyl (C=O) groups excluding carboxylic acids is 3. The van der Waals surface area contributed by atoms with Crippen molar-refractivity contribution in [2.75, 3.05) is 18.5 Å². The Balaban J connectivity index is 1.68. The van der Waals surface area contributed by atoms with E-state index >= 15 is 0 Å². The molecule has 2 aromatic rings. The minimum atomic E-state index is -0.408. The number of nitrogens with zero attached hydrogens (tertiary/aromatic N) is 1. The van der Waals surface area contributed by atoms with Gasteiger partial charge in [-0.15, -0.1) is 0 Å². The lowest BCUT2D eigenvalue weighted by atomic mass is 10.2. The fourth-order valence-electron chi connectivity index (χ4n) is 2.66. The molecular weight excluding hydrogens is 395 g/mol. The van der Waals surface area contributed by atoms with E-state index in [2.05, 4.69) is 5.32 Å². The summed E-state index contributed by atoms with van der Waals surface area (Å²) in [7, 11) is 0. The van der Waals surface area contributed by atoms with E-state index in [1.165, 1.54) is 29.2 Å². The number of halogens is 1. The molecule has 1 N–H and O–H groups in total. The van der Waals surface area contributed by atoms with Crippen LogP contribution in [-0.4, -0.2) is 35.1 Å². The Morgan fingerprint density at radius 3 is 2.62 bits per heavy atom. The number of thioether (sulfide) groups is 1. The number of anilines is 1. The van der Waals surface area contributed by atoms with Crippen molar-refractivity contribution in [1.29, 1.82) is 0 Å². The summed E-state index contributed by atoms with van der Waals surface area (Å²) < 4.78 is 18.5. The average molecular weight is 414 g/mol. The van der Waals surface area contributed by atoms with Gasteiger partial charge >= 0.3 is 0 Å². The summed E-state index contributed by atoms with van der Waals surface area (Å²) in [6, 6.07) is 12.3. The SMILES string of the molecule is CCCN1C(=O)S/C(=C/c2ccccc2OCC(=O)Nc2ccc(F)cc2)C1=O. The quantitative estimate of drug-likeness (QED) is 0.684. The monoisotopic (exact) mass is 414 g/mol. The maximum Gasteiger partial charge on any atom is 0.293 e. The molecule has 1 aliphatic heterocycles. The molecule has 3 amide bonds. The highest BCUT2D eigenvalue weighted by Crippen LogP contribution is 2.34. The van der Waals surface area contributed by atoms with E-state index in [1.54, 1.807) is 30.3 Å². The van der Waals surface area contributed by atoms with Crippen LogP contribution in [0.3, 0.4) is 0 Å². The Morgan fingerprint density at radius 2 is 1.90 bits per heavy atom. The van der Waals surface area contributed by atoms with Crippen molar-refractivity contribution in [2.45, 2.75) is 13.3 Å². The van der Waals surface area contributed by atoms with Crippen LogP contribution in [0.1, 0.15) is 18.9 Å². The lowest BCUT2D eigenvalue weighted by molar-refractivity contribution is -0.122. The van der Waals surface area contributed by atoms with Gasteiger partial charge in [0.25, 0.3) is 17.1 Å². The average Bonchev–Trinajstić information content (AvgIpc) is 2.97. The maximum absolute atomic E-state index is 12.9. The minimum absolute atomic E-state index is 0.264. The second kappa shape index (κ2) is 9.38. The zero-order valence-corrected chi connectivity index (χ0v) is 16.5. The lowest BCUT2D eigenvalue weighted by Gasteiger charge is -2.11. The van der Waals surface area contributed by atoms with E-state index in [1.807, 2.05) is 6.92 Å². The van der Waals surface area contributed by atoms with E-state index in [-0.39, 0.29) is 17.8 Å². The molecule has 150 valence electrons. The molecule has 8 heteroatoms. The number of amides is 3. The Hall–Kier alpha value is -3.13. The summed E-state index contributed by atoms with van der Waals surface area (Å²) in [5, 5.41) is 2.32. The largest absolute Gasteiger partial charge is 0.483 e. The van der Waals surface area contributed by atoms with Gasteiger partial charge in [-0.3, -0.25) is 19.3 Å². The molecule has 6 nitrogen and oxygen atoms in total. The molecule has 29 heavy (non-hydrogen) atoms. The number of rotatable bonds is 7. The first-order chi connectivity index (χ1) is 14.0. The molecular formula is C21H19FN2O4S. The summed E-state index contributed by atoms with van der Waals surface area (Å²) in [4.78, 5) is 38.0. The number of imide groups is 1. The first-order valence-electron chi connectivity index (χ1n) is 9.00. The predicted molar refractivity (Wildman–Crippen MR) is 110 cm³/mol. The van der Waals surface area contributed by atoms with Crippen LogP contribution in [0.2, 0.25) is 0 Å². The smallest absolute Gasteiger partial charge is 0.293 e. The normalized spacial score (nSPS) is 15.1. The van der Waals surface area contributed by atoms with Gasteiger partial charge in [0, 0.05) is 17.8 Å². The van der Waals surface area contributed by atoms with Crippen molar-refractivity contribution >= 4 is 40.6 Å². The van der Waals surface area contributed by atoms with Gasteiger partial charge in [-0.1, -0.05) is 25.1 Å². The van der Waals surface area contributed by atoms with Crippen LogP contribution in [0.25, 0.3) is 6.08 Å². The fourth-order valence-corrected chi connectivity index (χ4v) is 3.52. The molecule has 3 rings (SSSR count). The summed E-state index contributed by atoms with van der Waals surface area (Å²) >= 11 is 0.886. The molecule has 0 saturated carbocycles. The molecule has 1 fully saturated rings. The fraction of sp³-hybridized carbons (Fsp3) is 0.190. The highest BCUT2D eigenvalue weighted by atomic mass is 32.2. The summed E-state index contributed by atoms with van der Waals surface area (Å²) in [6.45, 7) is 2.01. The standard InChI is InChI=1S/C21H19FN2O4S/c1-2-11-24-20(26)18(29-21(24)27)12-14-5-3-4-6-17(14)28-13-19(25)23-16-9-7-15(22)8-10-16/h3-10,12H,2,11,13H2,1H3,(H,23,25)/b18-12+. The summed E-state index contributed by atoms with van der Waals surface area (Å²) in [5.74, 6) is -0.721. The first-order valence-corrected chi connectivity index (χ1v) is 9.82. The molecule has 0 radical (unpaired) electrons. The molecule has 0 atom stereocenters. The Morgan fingerprint density at radius 1 is 1.17 bits per heavy atom. The Bertz CT molecular complexity index is 959. The molecule has 0 aliphatic carbocycles. The van der Waals surface area contributed by atoms with Crippen LogP contribution in [0.5, 0.6) is 5.75 Å². The van der Waals surface area contributed by atoms with E-state index in [9.17, 15) is 18.8 Å². The van der Waals surface area contributed by atoms with Gasteiger partial charge in [-0.05, 0) is 54.6 Å². The van der Waals surface area contributed by atoms with Gasteiger partial charge < -0.3 is 10.1 Å². The first kappa shape index (κ1) is 20.6. The zero-order chi connectivity index (χ0) is 20.8. The number of ether oxygens (including phenoxy) is 1. The van der Waals surface area contributed by atoms with Gasteiger partial charge in [-0.2, -0.15) is 0 Å². The van der Waals surface area contributed by atoms with Crippen LogP contribution in [0.4, 0.5) is 14.9 Å². The highest BCUT2D eigenvalue weighted by Gasteiger charge is 2.34. The highest BCUT2D eigenvalue weighted by molar-refractivity contribution is 8.18. The molecule has 0 bridgehead atoms. The van der Waals surface area contributed by atoms with Crippen LogP contribution < -0.4 is 10.1 Å². The minimum Gasteiger partial charge on any atom is -0.483 e. The number of nitrogens with one attached hydrogen (secondary N) is 1. The second-order valence-corrected chi connectivity index (χ2v) is 7.21. The van der Waals surface area contributed by atoms with Gasteiger partial charge in [0.05, 0.1) is 4.91 Å². The van der Waals surface area contributed by atoms with Crippen molar-refractivity contribution in [3.8, 4) is 5.75 Å². The maximum atomic E-state index is 12.9. The van der Waals surface area contributed by atoms with Crippen molar-refractivity contribution in [3.63, 3.8) is 0 Å². The molecule has 1 saturated heterocycles. The van der Waals surface area contributed by atoms with Crippen LogP contribution in [0.15, 0.2) is 53.4 Å². The van der Waals surface area contributed by atoms with Crippen molar-refractivity contribution in [1.82, 2.24) is 4.90 Å². The topological polar surface area (TPSA) is 75.7 Å². The third-order valence-corrected chi connectivity index (χ3v) is 4.92. The third kappa shape index (κ3) is 5.23. The van der Waals surface area contributed by atoms with E-state index in [0.717, 1.165) is 11.8 Å². The van der Waals surface area contributed by atoms with E-state index in [4.69, 9.17) is 4.74 Å². The molecule has 2 aromatic carbocycles. The van der Waals surface area contributed by atoms with Gasteiger partial charge in [0.1, 0.15) is 11.6 Å². The second-order valence-electron chi connectivity index (χ2n) is 6.21. The van der Waals surface area contributed by atoms with Gasteiger partial charge in [-0.25, -0.2) is 4.39 Å². The lowest BCUT2D eigenvalue weighted by Crippen LogP contribution is -2.28. The predicted octanol–water partition coefficient (Wildman–Crippen LogP) is 4.29. The Labute approximate surface area is 171 Å². The zero-order valence-electron chi connectivity index (χ0n) is 15.7. The number of hydrogen-bond donors (Lipinski definition) is 1. The molecule has 0 aromatic heterocycles. The number of hydrogen-bond acceptors (Lipinski definition) is 5. The van der Waals surface area contributed by atoms with Crippen LogP contribution in [0, 0.1) is 5.82 Å². The number of para-hydroxylation sites is 1. The van der Waals surface area contributed by atoms with Crippen molar-refractivity contribution in [2.24, 2.45) is 0 Å². The number of benzene rings is 2. The molecule has 1 heterocycles. The van der Waals surface area contributed by atoms with Crippen LogP contribution >= 0.6 is 11.8 Å². The number of carbonyl (C=O) groups is 3. The summed E-state index contributed by atoms with van der Waals surface area (Å²) in [5.41, 5.74) is 1.04. The van der Waals surface area contributed by atoms with Gasteiger partial charge in [0.2, 0.25) is 0 Å². The molecule has 0 unspecified atom stereocenters. The third-order valence-electron chi connectivity index (χ3n) is 4.01. The van der Waals surface area contributed by atoms with E-state index in [0.29, 0.717) is 34.9 Å². The van der Waals surface area contributed by atoms with Crippen LogP contribution in [-0.2, 0) is 9.59 Å². The van der Waals surface area contributed by atoms with Crippen molar-refractivity contribution in [3.05, 3.63) is 64.8 Å². The van der Waals surface area contributed by atoms with Gasteiger partial charge in [0.15, 0.2) is 6.61 Å². The molecule has 0 spiro atoms. The van der Waals surface area contributed by atoms with E-state index < -0.39 is 11.7 Å². The Kier molecular flexibility index (Phi) is 6.66. The summed E-state index contributed by atoms with van der Waals surface area (Å²) in [6.07, 6.45) is 2.28. The van der Waals surface area contributed by atoms with Crippen molar-refractivity contribution < 1.29 is 23.5 Å².